The third-order valence-corrected chi connectivity index (χ3v) is 2.40. The molecule has 0 bridgehead atoms. The van der Waals surface area contributed by atoms with E-state index in [1.54, 1.807) is 6.92 Å². The van der Waals surface area contributed by atoms with Gasteiger partial charge in [-0.05, 0) is 30.5 Å². The van der Waals surface area contributed by atoms with Crippen LogP contribution in [0.25, 0.3) is 10.9 Å². The summed E-state index contributed by atoms with van der Waals surface area (Å²) in [5.41, 5.74) is 7.35. The minimum atomic E-state index is -0.234. The van der Waals surface area contributed by atoms with Gasteiger partial charge in [-0.1, -0.05) is 6.07 Å². The number of anilines is 1. The Labute approximate surface area is 93.6 Å². The molecule has 2 rings (SSSR count). The van der Waals surface area contributed by atoms with E-state index in [0.29, 0.717) is 12.3 Å². The van der Waals surface area contributed by atoms with E-state index < -0.39 is 0 Å². The van der Waals surface area contributed by atoms with Gasteiger partial charge in [-0.3, -0.25) is 4.79 Å². The van der Waals surface area contributed by atoms with Crippen molar-refractivity contribution < 1.29 is 9.53 Å². The zero-order valence-corrected chi connectivity index (χ0v) is 9.14. The lowest BCUT2D eigenvalue weighted by molar-refractivity contribution is -0.143. The van der Waals surface area contributed by atoms with Gasteiger partial charge in [-0.2, -0.15) is 0 Å². The van der Waals surface area contributed by atoms with Crippen LogP contribution in [0.5, 0.6) is 0 Å². The molecule has 0 amide bonds. The van der Waals surface area contributed by atoms with E-state index in [1.165, 1.54) is 0 Å². The number of carbonyl (C=O) groups excluding carboxylic acids is 1. The van der Waals surface area contributed by atoms with Crippen LogP contribution in [0.1, 0.15) is 6.92 Å². The molecule has 1 heterocycles. The van der Waals surface area contributed by atoms with Gasteiger partial charge in [0.05, 0.1) is 12.1 Å². The second kappa shape index (κ2) is 4.26. The summed E-state index contributed by atoms with van der Waals surface area (Å²) in [6.07, 6.45) is 1.86. The smallest absolute Gasteiger partial charge is 0.325 e. The number of nitrogens with two attached hydrogens (primary N) is 1. The van der Waals surface area contributed by atoms with E-state index in [0.717, 1.165) is 10.9 Å². The molecule has 0 aliphatic heterocycles. The molecular formula is C12H14N2O2. The molecule has 4 nitrogen and oxygen atoms in total. The predicted octanol–water partition coefficient (Wildman–Crippen LogP) is 1.79. The van der Waals surface area contributed by atoms with Gasteiger partial charge < -0.3 is 15.0 Å². The van der Waals surface area contributed by atoms with E-state index in [4.69, 9.17) is 10.5 Å². The van der Waals surface area contributed by atoms with Gasteiger partial charge in [0.15, 0.2) is 0 Å². The Morgan fingerprint density at radius 2 is 2.25 bits per heavy atom. The van der Waals surface area contributed by atoms with Gasteiger partial charge in [0.25, 0.3) is 0 Å². The van der Waals surface area contributed by atoms with Gasteiger partial charge in [-0.15, -0.1) is 0 Å². The van der Waals surface area contributed by atoms with E-state index in [1.807, 2.05) is 35.0 Å². The third-order valence-electron chi connectivity index (χ3n) is 2.40. The Kier molecular flexibility index (Phi) is 2.81. The number of esters is 1. The van der Waals surface area contributed by atoms with Crippen molar-refractivity contribution in [2.75, 3.05) is 12.3 Å². The fraction of sp³-hybridized carbons (Fsp3) is 0.250. The normalized spacial score (nSPS) is 10.6. The largest absolute Gasteiger partial charge is 0.465 e. The lowest BCUT2D eigenvalue weighted by atomic mass is 10.2. The van der Waals surface area contributed by atoms with Crippen molar-refractivity contribution >= 4 is 22.6 Å². The van der Waals surface area contributed by atoms with Crippen molar-refractivity contribution in [2.24, 2.45) is 0 Å². The highest BCUT2D eigenvalue weighted by Crippen LogP contribution is 2.18. The fourth-order valence-corrected chi connectivity index (χ4v) is 1.68. The highest BCUT2D eigenvalue weighted by molar-refractivity contribution is 5.84. The van der Waals surface area contributed by atoms with E-state index >= 15 is 0 Å². The Bertz CT molecular complexity index is 517. The third kappa shape index (κ3) is 2.00. The Morgan fingerprint density at radius 1 is 1.44 bits per heavy atom. The maximum Gasteiger partial charge on any atom is 0.325 e. The fourth-order valence-electron chi connectivity index (χ4n) is 1.68. The number of fused-ring (bicyclic) bond motifs is 1. The minimum absolute atomic E-state index is 0.223. The maximum absolute atomic E-state index is 11.4. The Morgan fingerprint density at radius 3 is 3.00 bits per heavy atom. The van der Waals surface area contributed by atoms with Crippen LogP contribution in [0.4, 0.5) is 5.69 Å². The predicted molar refractivity (Wildman–Crippen MR) is 63.0 cm³/mol. The molecule has 0 unspecified atom stereocenters. The molecule has 1 aromatic carbocycles. The Hall–Kier alpha value is -1.97. The number of benzene rings is 1. The SMILES string of the molecule is CCOC(=O)Cn1ccc2ccc(N)cc21. The molecule has 0 saturated heterocycles. The zero-order chi connectivity index (χ0) is 11.5. The molecule has 0 saturated carbocycles. The number of rotatable bonds is 3. The van der Waals surface area contributed by atoms with Crippen molar-refractivity contribution in [1.29, 1.82) is 0 Å². The summed E-state index contributed by atoms with van der Waals surface area (Å²) >= 11 is 0. The van der Waals surface area contributed by atoms with Crippen LogP contribution in [0.15, 0.2) is 30.5 Å². The van der Waals surface area contributed by atoms with Crippen molar-refractivity contribution in [3.8, 4) is 0 Å². The molecule has 1 aromatic heterocycles. The molecule has 16 heavy (non-hydrogen) atoms. The standard InChI is InChI=1S/C12H14N2O2/c1-2-16-12(15)8-14-6-5-9-3-4-10(13)7-11(9)14/h3-7H,2,8,13H2,1H3. The van der Waals surface area contributed by atoms with E-state index in [-0.39, 0.29) is 12.5 Å². The summed E-state index contributed by atoms with van der Waals surface area (Å²) in [4.78, 5) is 11.4. The number of nitrogens with zero attached hydrogens (tertiary/aromatic N) is 1. The number of nitrogen functional groups attached to an aromatic ring is 1. The summed E-state index contributed by atoms with van der Waals surface area (Å²) in [6, 6.07) is 7.59. The first-order valence-corrected chi connectivity index (χ1v) is 5.20. The maximum atomic E-state index is 11.4. The molecule has 2 aromatic rings. The van der Waals surface area contributed by atoms with Crippen molar-refractivity contribution in [1.82, 2.24) is 4.57 Å². The number of hydrogen-bond acceptors (Lipinski definition) is 3. The first-order chi connectivity index (χ1) is 7.70. The van der Waals surface area contributed by atoms with Crippen LogP contribution in [0, 0.1) is 0 Å². The van der Waals surface area contributed by atoms with Gasteiger partial charge in [0.1, 0.15) is 6.54 Å². The molecule has 0 atom stereocenters. The number of aromatic nitrogens is 1. The average Bonchev–Trinajstić information content (AvgIpc) is 2.61. The molecule has 0 spiro atoms. The van der Waals surface area contributed by atoms with Crippen LogP contribution in [0.2, 0.25) is 0 Å². The first kappa shape index (κ1) is 10.5. The number of carbonyl (C=O) groups is 1. The summed E-state index contributed by atoms with van der Waals surface area (Å²) in [6.45, 7) is 2.42. The molecule has 0 aliphatic carbocycles. The minimum Gasteiger partial charge on any atom is -0.465 e. The van der Waals surface area contributed by atoms with E-state index in [2.05, 4.69) is 0 Å². The summed E-state index contributed by atoms with van der Waals surface area (Å²) < 4.78 is 6.74. The quantitative estimate of drug-likeness (QED) is 0.631. The highest BCUT2D eigenvalue weighted by Gasteiger charge is 2.06. The molecular weight excluding hydrogens is 204 g/mol. The van der Waals surface area contributed by atoms with Crippen molar-refractivity contribution in [3.05, 3.63) is 30.5 Å². The molecule has 0 radical (unpaired) electrons. The second-order valence-corrected chi connectivity index (χ2v) is 3.57. The Balaban J connectivity index is 2.30. The van der Waals surface area contributed by atoms with Gasteiger partial charge >= 0.3 is 5.97 Å². The zero-order valence-electron chi connectivity index (χ0n) is 9.14. The van der Waals surface area contributed by atoms with Gasteiger partial charge in [0, 0.05) is 11.9 Å². The van der Waals surface area contributed by atoms with Crippen LogP contribution < -0.4 is 5.73 Å². The lowest BCUT2D eigenvalue weighted by Crippen LogP contribution is -2.12. The topological polar surface area (TPSA) is 57.2 Å². The summed E-state index contributed by atoms with van der Waals surface area (Å²) in [5.74, 6) is -0.234. The first-order valence-electron chi connectivity index (χ1n) is 5.20. The molecule has 4 heteroatoms. The molecule has 0 fully saturated rings. The molecule has 84 valence electrons. The number of hydrogen-bond donors (Lipinski definition) is 1. The van der Waals surface area contributed by atoms with Gasteiger partial charge in [0.2, 0.25) is 0 Å². The van der Waals surface area contributed by atoms with Gasteiger partial charge in [-0.25, -0.2) is 0 Å². The van der Waals surface area contributed by atoms with Crippen LogP contribution in [0.3, 0.4) is 0 Å². The van der Waals surface area contributed by atoms with Crippen LogP contribution in [-0.2, 0) is 16.1 Å². The van der Waals surface area contributed by atoms with E-state index in [9.17, 15) is 4.79 Å². The van der Waals surface area contributed by atoms with Crippen molar-refractivity contribution in [2.45, 2.75) is 13.5 Å². The van der Waals surface area contributed by atoms with Crippen LogP contribution in [-0.4, -0.2) is 17.1 Å². The molecule has 2 N–H and O–H groups in total. The van der Waals surface area contributed by atoms with Crippen LogP contribution >= 0.6 is 0 Å². The number of ether oxygens (including phenoxy) is 1. The van der Waals surface area contributed by atoms with Crippen molar-refractivity contribution in [3.63, 3.8) is 0 Å². The monoisotopic (exact) mass is 218 g/mol. The molecule has 0 aliphatic rings. The second-order valence-electron chi connectivity index (χ2n) is 3.57. The summed E-state index contributed by atoms with van der Waals surface area (Å²) in [5, 5.41) is 1.07. The highest BCUT2D eigenvalue weighted by atomic mass is 16.5. The summed E-state index contributed by atoms with van der Waals surface area (Å²) in [7, 11) is 0. The average molecular weight is 218 g/mol. The lowest BCUT2D eigenvalue weighted by Gasteiger charge is -2.05.